The highest BCUT2D eigenvalue weighted by molar-refractivity contribution is 14.1. The lowest BCUT2D eigenvalue weighted by atomic mass is 9.99. The van der Waals surface area contributed by atoms with Gasteiger partial charge in [-0.05, 0) is 89.7 Å². The molecule has 0 spiro atoms. The third-order valence-electron chi connectivity index (χ3n) is 10.0. The lowest BCUT2D eigenvalue weighted by Crippen LogP contribution is -2.28. The Labute approximate surface area is 384 Å². The van der Waals surface area contributed by atoms with Crippen LogP contribution in [-0.2, 0) is 34.8 Å². The molecule has 0 saturated heterocycles. The van der Waals surface area contributed by atoms with Gasteiger partial charge in [-0.1, -0.05) is 51.4 Å². The minimum Gasteiger partial charge on any atom is -0.462 e. The topological polar surface area (TPSA) is 168 Å². The zero-order valence-corrected chi connectivity index (χ0v) is 39.1. The molecule has 3 aromatic carbocycles. The molecular weight excluding hydrogens is 980 g/mol. The number of rotatable bonds is 14. The van der Waals surface area contributed by atoms with Crippen LogP contribution >= 0.6 is 34.2 Å². The number of aromatic nitrogens is 2. The lowest BCUT2D eigenvalue weighted by Gasteiger charge is -2.26. The Kier molecular flexibility index (Phi) is 18.2. The smallest absolute Gasteiger partial charge is 0.462 e. The van der Waals surface area contributed by atoms with Crippen molar-refractivity contribution >= 4 is 80.2 Å². The van der Waals surface area contributed by atoms with Gasteiger partial charge < -0.3 is 37.6 Å². The van der Waals surface area contributed by atoms with Gasteiger partial charge in [0.25, 0.3) is 0 Å². The van der Waals surface area contributed by atoms with Crippen molar-refractivity contribution in [3.63, 3.8) is 0 Å². The number of esters is 2. The van der Waals surface area contributed by atoms with Gasteiger partial charge in [0, 0.05) is 33.2 Å². The van der Waals surface area contributed by atoms with Crippen molar-refractivity contribution in [2.45, 2.75) is 60.0 Å². The minimum atomic E-state index is -0.909. The Morgan fingerprint density at radius 1 is 0.672 bits per heavy atom. The quantitative estimate of drug-likeness (QED) is 0.0588. The monoisotopic (exact) mass is 1030 g/mol. The van der Waals surface area contributed by atoms with Gasteiger partial charge in [0.15, 0.2) is 0 Å². The standard InChI is InChI=1S/C26H26ClF2NO6.C19H21FINO6/c1-5-35-25(32)18-12-30(22(14(2)3)13-36-26(33)34-4)21-11-20(28)16(10-17(21)24(18)31)9-15-7-6-8-19(27)23(15)29;1-5-27-18(24)12-8-22(16(10(2)3)9-28-19(25)26-4)15-7-13(20)14(21)6-11(15)17(12)23/h6-8,10-12,14,22H,5,9,13H2,1-4H3;6-8,10,16H,5,9H2,1-4H3/t22-;16-/m11/s1. The van der Waals surface area contributed by atoms with Crippen molar-refractivity contribution in [3.8, 4) is 0 Å². The van der Waals surface area contributed by atoms with Crippen LogP contribution in [0.4, 0.5) is 22.8 Å². The molecular formula is C45H47ClF3IN2O12. The van der Waals surface area contributed by atoms with Crippen LogP contribution < -0.4 is 10.9 Å². The fourth-order valence-corrected chi connectivity index (χ4v) is 7.32. The average Bonchev–Trinajstić information content (AvgIpc) is 3.25. The summed E-state index contributed by atoms with van der Waals surface area (Å²) in [4.78, 5) is 74.0. The second-order valence-electron chi connectivity index (χ2n) is 14.8. The molecule has 5 aromatic rings. The predicted molar refractivity (Wildman–Crippen MR) is 240 cm³/mol. The number of benzene rings is 3. The second kappa shape index (κ2) is 22.8. The van der Waals surface area contributed by atoms with Gasteiger partial charge in [0.1, 0.15) is 41.8 Å². The van der Waals surface area contributed by atoms with E-state index in [4.69, 9.17) is 30.5 Å². The van der Waals surface area contributed by atoms with Crippen molar-refractivity contribution in [1.29, 1.82) is 0 Å². The molecule has 0 saturated carbocycles. The number of carbonyl (C=O) groups excluding carboxylic acids is 4. The first-order valence-electron chi connectivity index (χ1n) is 19.9. The van der Waals surface area contributed by atoms with Crippen LogP contribution in [0.1, 0.15) is 85.5 Å². The van der Waals surface area contributed by atoms with Crippen LogP contribution in [-0.4, -0.2) is 74.0 Å². The Morgan fingerprint density at radius 2 is 1.12 bits per heavy atom. The molecule has 0 unspecified atom stereocenters. The van der Waals surface area contributed by atoms with Crippen LogP contribution in [0.3, 0.4) is 0 Å². The number of ether oxygens (including phenoxy) is 6. The Hall–Kier alpha value is -5.63. The van der Waals surface area contributed by atoms with Gasteiger partial charge in [0.2, 0.25) is 10.9 Å². The van der Waals surface area contributed by atoms with Crippen molar-refractivity contribution < 1.29 is 60.8 Å². The molecule has 0 amide bonds. The maximum Gasteiger partial charge on any atom is 0.508 e. The molecule has 2 atom stereocenters. The zero-order valence-electron chi connectivity index (χ0n) is 36.2. The summed E-state index contributed by atoms with van der Waals surface area (Å²) in [6.45, 7) is 10.6. The van der Waals surface area contributed by atoms with E-state index in [1.54, 1.807) is 47.1 Å². The van der Waals surface area contributed by atoms with Crippen molar-refractivity contribution in [3.05, 3.63) is 124 Å². The molecule has 64 heavy (non-hydrogen) atoms. The van der Waals surface area contributed by atoms with Crippen LogP contribution in [0, 0.1) is 32.9 Å². The fourth-order valence-electron chi connectivity index (χ4n) is 6.66. The number of pyridine rings is 2. The average molecular weight is 1030 g/mol. The molecule has 0 aliphatic heterocycles. The van der Waals surface area contributed by atoms with E-state index in [9.17, 15) is 37.5 Å². The van der Waals surface area contributed by atoms with E-state index in [1.807, 2.05) is 27.7 Å². The molecule has 2 heterocycles. The van der Waals surface area contributed by atoms with E-state index in [2.05, 4.69) is 9.47 Å². The summed E-state index contributed by atoms with van der Waals surface area (Å²) < 4.78 is 76.6. The molecule has 0 fully saturated rings. The number of carbonyl (C=O) groups is 4. The summed E-state index contributed by atoms with van der Waals surface area (Å²) in [6.07, 6.45) is 0.677. The first kappa shape index (κ1) is 51.0. The normalized spacial score (nSPS) is 12.0. The predicted octanol–water partition coefficient (Wildman–Crippen LogP) is 9.58. The van der Waals surface area contributed by atoms with E-state index in [1.165, 1.54) is 61.5 Å². The highest BCUT2D eigenvalue weighted by Crippen LogP contribution is 2.30. The summed E-state index contributed by atoms with van der Waals surface area (Å²) in [7, 11) is 2.36. The number of hydrogen-bond donors (Lipinski definition) is 0. The first-order valence-corrected chi connectivity index (χ1v) is 21.3. The largest absolute Gasteiger partial charge is 0.508 e. The molecule has 344 valence electrons. The summed E-state index contributed by atoms with van der Waals surface area (Å²) in [5.74, 6) is -3.72. The molecule has 0 N–H and O–H groups in total. The molecule has 0 aliphatic rings. The van der Waals surface area contributed by atoms with Gasteiger partial charge in [-0.3, -0.25) is 9.59 Å². The minimum absolute atomic E-state index is 0.0307. The Morgan fingerprint density at radius 3 is 1.56 bits per heavy atom. The fraction of sp³-hybridized carbons (Fsp3) is 0.378. The van der Waals surface area contributed by atoms with E-state index >= 15 is 4.39 Å². The zero-order chi connectivity index (χ0) is 47.6. The maximum atomic E-state index is 15.3. The highest BCUT2D eigenvalue weighted by atomic mass is 127. The third-order valence-corrected chi connectivity index (χ3v) is 11.1. The van der Waals surface area contributed by atoms with Crippen LogP contribution in [0.25, 0.3) is 21.8 Å². The van der Waals surface area contributed by atoms with Crippen LogP contribution in [0.2, 0.25) is 5.02 Å². The number of hydrogen-bond acceptors (Lipinski definition) is 12. The third kappa shape index (κ3) is 11.9. The van der Waals surface area contributed by atoms with E-state index < -0.39 is 64.6 Å². The number of nitrogens with zero attached hydrogens (tertiary/aromatic N) is 2. The number of fused-ring (bicyclic) bond motifs is 2. The van der Waals surface area contributed by atoms with Gasteiger partial charge >= 0.3 is 24.2 Å². The van der Waals surface area contributed by atoms with Crippen LogP contribution in [0.5, 0.6) is 0 Å². The lowest BCUT2D eigenvalue weighted by molar-refractivity contribution is 0.0507. The molecule has 0 radical (unpaired) electrons. The maximum absolute atomic E-state index is 15.3. The molecule has 0 aliphatic carbocycles. The second-order valence-corrected chi connectivity index (χ2v) is 16.4. The van der Waals surface area contributed by atoms with Gasteiger partial charge in [-0.15, -0.1) is 0 Å². The first-order chi connectivity index (χ1) is 30.3. The van der Waals surface area contributed by atoms with E-state index in [-0.39, 0.29) is 91.8 Å². The van der Waals surface area contributed by atoms with E-state index in [0.717, 1.165) is 6.07 Å². The molecule has 2 aromatic heterocycles. The van der Waals surface area contributed by atoms with E-state index in [0.29, 0.717) is 5.52 Å². The van der Waals surface area contributed by atoms with Gasteiger partial charge in [-0.25, -0.2) is 32.3 Å². The van der Waals surface area contributed by atoms with Crippen molar-refractivity contribution in [1.82, 2.24) is 9.13 Å². The molecule has 19 heteroatoms. The van der Waals surface area contributed by atoms with Gasteiger partial charge in [-0.2, -0.15) is 0 Å². The van der Waals surface area contributed by atoms with Gasteiger partial charge in [0.05, 0.1) is 55.6 Å². The van der Waals surface area contributed by atoms with Crippen molar-refractivity contribution in [2.24, 2.45) is 11.8 Å². The number of halogens is 5. The van der Waals surface area contributed by atoms with Crippen LogP contribution in [0.15, 0.2) is 64.4 Å². The highest BCUT2D eigenvalue weighted by Gasteiger charge is 2.27. The SMILES string of the molecule is CCOC(=O)c1cn([C@H](COC(=O)OC)C(C)C)c2cc(F)c(Cc3cccc(Cl)c3F)cc2c1=O.CCOC(=O)c1cn([C@H](COC(=O)OC)C(C)C)c2cc(F)c(I)cc2c1=O. The Bertz CT molecular complexity index is 2670. The summed E-state index contributed by atoms with van der Waals surface area (Å²) in [6, 6.07) is 8.40. The van der Waals surface area contributed by atoms with Crippen molar-refractivity contribution in [2.75, 3.05) is 40.6 Å². The summed E-state index contributed by atoms with van der Waals surface area (Å²) in [5, 5.41) is 0.106. The summed E-state index contributed by atoms with van der Waals surface area (Å²) in [5.41, 5.74) is -0.978. The molecule has 5 rings (SSSR count). The number of methoxy groups -OCH3 is 2. The molecule has 14 nitrogen and oxygen atoms in total. The Balaban J connectivity index is 0.000000290. The molecule has 0 bridgehead atoms. The summed E-state index contributed by atoms with van der Waals surface area (Å²) >= 11 is 7.64.